The van der Waals surface area contributed by atoms with Crippen molar-refractivity contribution in [1.82, 2.24) is 15.0 Å². The fourth-order valence-corrected chi connectivity index (χ4v) is 10.8. The quantitative estimate of drug-likeness (QED) is 0.0668. The molecule has 0 atom stereocenters. The minimum absolute atomic E-state index is 0. The Morgan fingerprint density at radius 3 is 1.14 bits per heavy atom. The van der Waals surface area contributed by atoms with E-state index in [1.165, 1.54) is 88.6 Å². The van der Waals surface area contributed by atoms with Crippen LogP contribution in [-0.2, 0) is 74.7 Å². The second-order valence-electron chi connectivity index (χ2n) is 23.8. The van der Waals surface area contributed by atoms with Gasteiger partial charge in [-0.05, 0) is 120 Å². The largest absolute Gasteiger partial charge is 0.512 e. The van der Waals surface area contributed by atoms with Crippen molar-refractivity contribution in [2.75, 3.05) is 0 Å². The van der Waals surface area contributed by atoms with Crippen molar-refractivity contribution in [3.05, 3.63) is 293 Å². The number of benzene rings is 7. The van der Waals surface area contributed by atoms with E-state index in [1.807, 2.05) is 86.0 Å². The third kappa shape index (κ3) is 23.9. The van der Waals surface area contributed by atoms with E-state index in [0.29, 0.717) is 5.76 Å². The van der Waals surface area contributed by atoms with Gasteiger partial charge in [0.25, 0.3) is 0 Å². The van der Waals surface area contributed by atoms with E-state index in [-0.39, 0.29) is 101 Å². The molecule has 0 aliphatic heterocycles. The first-order chi connectivity index (χ1) is 46.8. The predicted molar refractivity (Wildman–Crippen MR) is 391 cm³/mol. The van der Waals surface area contributed by atoms with E-state index in [0.717, 1.165) is 128 Å². The summed E-state index contributed by atoms with van der Waals surface area (Å²) in [6, 6.07) is 67.7. The van der Waals surface area contributed by atoms with Gasteiger partial charge in [-0.2, -0.15) is 0 Å². The summed E-state index contributed by atoms with van der Waals surface area (Å²) in [6.07, 6.45) is 9.13. The smallest absolute Gasteiger partial charge is 0.155 e. The summed E-state index contributed by atoms with van der Waals surface area (Å²) in [5.41, 5.74) is 21.2. The first-order valence-corrected chi connectivity index (χ1v) is 31.6. The summed E-state index contributed by atoms with van der Waals surface area (Å²) < 4.78 is 31.6. The summed E-state index contributed by atoms with van der Waals surface area (Å²) in [5, 5.41) is 28.1. The molecule has 101 heavy (non-hydrogen) atoms. The van der Waals surface area contributed by atoms with E-state index in [4.69, 9.17) is 33.6 Å². The van der Waals surface area contributed by atoms with Crippen molar-refractivity contribution < 1.29 is 108 Å². The number of aliphatic hydroxyl groups is 3. The van der Waals surface area contributed by atoms with Crippen LogP contribution in [0.1, 0.15) is 80.5 Å². The van der Waals surface area contributed by atoms with Crippen molar-refractivity contribution in [1.29, 1.82) is 0 Å². The van der Waals surface area contributed by atoms with Crippen LogP contribution >= 0.6 is 0 Å². The average molecular weight is 1880 g/mol. The summed E-state index contributed by atoms with van der Waals surface area (Å²) in [6.45, 7) is 23.0. The van der Waals surface area contributed by atoms with Gasteiger partial charge in [0.1, 0.15) is 39.8 Å². The molecule has 3 radical (unpaired) electrons. The predicted octanol–water partition coefficient (Wildman–Crippen LogP) is 22.0. The fraction of sp³-hybridized carbons (Fsp3) is 0.153. The van der Waals surface area contributed by atoms with Crippen LogP contribution in [0.2, 0.25) is 0 Å². The molecule has 0 saturated heterocycles. The molecule has 0 fully saturated rings. The Hall–Kier alpha value is -9.88. The molecule has 13 aromatic rings. The zero-order valence-electron chi connectivity index (χ0n) is 58.2. The number of halogens is 1. The number of hydrogen-bond donors (Lipinski definition) is 3. The van der Waals surface area contributed by atoms with Crippen LogP contribution in [-0.4, -0.2) is 47.6 Å². The van der Waals surface area contributed by atoms with Crippen LogP contribution in [0.3, 0.4) is 0 Å². The number of furan rings is 3. The molecule has 6 heterocycles. The first-order valence-electron chi connectivity index (χ1n) is 31.6. The number of aryl methyl sites for hydroxylation is 7. The van der Waals surface area contributed by atoms with Gasteiger partial charge in [0.15, 0.2) is 17.3 Å². The van der Waals surface area contributed by atoms with Crippen molar-refractivity contribution >= 4 is 50.3 Å². The van der Waals surface area contributed by atoms with Gasteiger partial charge in [0.05, 0.1) is 17.3 Å². The molecule has 0 spiro atoms. The number of aromatic nitrogens is 3. The maximum absolute atomic E-state index is 13.1. The molecule has 13 rings (SSSR count). The van der Waals surface area contributed by atoms with Gasteiger partial charge >= 0.3 is 0 Å². The number of hydrogen-bond acceptors (Lipinski definition) is 12. The minimum atomic E-state index is -0.260. The van der Waals surface area contributed by atoms with Crippen LogP contribution in [0.25, 0.3) is 112 Å². The summed E-state index contributed by atoms with van der Waals surface area (Å²) >= 11 is 0. The summed E-state index contributed by atoms with van der Waals surface area (Å²) in [5.74, 6) is 2.04. The van der Waals surface area contributed by atoms with Gasteiger partial charge in [-0.25, -0.2) is 4.39 Å². The van der Waals surface area contributed by atoms with Crippen LogP contribution < -0.4 is 0 Å². The number of fused-ring (bicyclic) bond motifs is 3. The summed E-state index contributed by atoms with van der Waals surface area (Å²) in [7, 11) is 0. The Bertz CT molecular complexity index is 4920. The Kier molecular flexibility index (Phi) is 31.3. The van der Waals surface area contributed by atoms with Crippen molar-refractivity contribution in [2.45, 2.75) is 90.0 Å². The second-order valence-corrected chi connectivity index (χ2v) is 23.8. The Morgan fingerprint density at radius 2 is 0.752 bits per heavy atom. The molecular weight excluding hydrogens is 1800 g/mol. The molecule has 0 aliphatic rings. The zero-order valence-corrected chi connectivity index (χ0v) is 65.4. The molecule has 0 bridgehead atoms. The number of allylic oxidation sites excluding steroid dienone is 6. The van der Waals surface area contributed by atoms with E-state index in [2.05, 4.69) is 155 Å². The Labute approximate surface area is 629 Å². The number of ketones is 3. The van der Waals surface area contributed by atoms with E-state index in [9.17, 15) is 18.8 Å². The zero-order chi connectivity index (χ0) is 70.7. The van der Waals surface area contributed by atoms with Gasteiger partial charge in [-0.15, -0.1) is 105 Å². The third-order valence-corrected chi connectivity index (χ3v) is 14.6. The van der Waals surface area contributed by atoms with Crippen molar-refractivity contribution in [3.8, 4) is 78.9 Å². The van der Waals surface area contributed by atoms with Gasteiger partial charge < -0.3 is 43.5 Å². The molecule has 6 aromatic heterocycles. The first kappa shape index (κ1) is 81.8. The number of pyridine rings is 3. The van der Waals surface area contributed by atoms with Crippen LogP contribution in [0.4, 0.5) is 4.39 Å². The average Bonchev–Trinajstić information content (AvgIpc) is 1.60. The van der Waals surface area contributed by atoms with E-state index in [1.54, 1.807) is 18.3 Å². The van der Waals surface area contributed by atoms with Gasteiger partial charge in [-0.1, -0.05) is 133 Å². The van der Waals surface area contributed by atoms with Crippen LogP contribution in [0, 0.1) is 72.5 Å². The SMILES string of the molecule is CC(=O)C=C(C)O.CC(=O)C=C(C)O.CC(=O)C=C(C)O.Cc1[c-]c(-c2cc3oc(-c4ccc(F)cc4)cc3cn2)cc(C)c1.Cc1[c-]c(-c2cc3oc(-c4ccccc4)c(-c4ccccc4)c3cn2)cc(C)c1.Cc1[c-]c(-c2cc3oc(-c4ccccc4)c(C)c3cn2)cc(C)c1.[Ir].[Ir].[Ir]. The third-order valence-electron chi connectivity index (χ3n) is 14.6. The van der Waals surface area contributed by atoms with Gasteiger partial charge in [0, 0.05) is 141 Å². The molecule has 0 amide bonds. The molecule has 12 nitrogen and oxygen atoms in total. The molecule has 0 unspecified atom stereocenters. The number of carbonyl (C=O) groups is 3. The minimum Gasteiger partial charge on any atom is -0.512 e. The normalized spacial score (nSPS) is 10.9. The Morgan fingerprint density at radius 1 is 0.396 bits per heavy atom. The van der Waals surface area contributed by atoms with Gasteiger partial charge in [0.2, 0.25) is 0 Å². The molecule has 7 aromatic carbocycles. The molecule has 3 N–H and O–H groups in total. The number of nitrogens with zero attached hydrogens (tertiary/aromatic N) is 3. The molecule has 523 valence electrons. The molecule has 0 saturated carbocycles. The molecule has 0 aliphatic carbocycles. The van der Waals surface area contributed by atoms with Crippen molar-refractivity contribution in [3.63, 3.8) is 0 Å². The van der Waals surface area contributed by atoms with Crippen molar-refractivity contribution in [2.24, 2.45) is 0 Å². The number of aliphatic hydroxyl groups excluding tert-OH is 3. The van der Waals surface area contributed by atoms with Crippen LogP contribution in [0.15, 0.2) is 243 Å². The van der Waals surface area contributed by atoms with E-state index >= 15 is 0 Å². The van der Waals surface area contributed by atoms with E-state index < -0.39 is 0 Å². The summed E-state index contributed by atoms with van der Waals surface area (Å²) in [4.78, 5) is 44.0. The second kappa shape index (κ2) is 38.6. The standard InChI is InChI=1S/C27H20NO.C22H18NO.C21H15FNO.3C5H8O2.3Ir/c1-18-13-19(2)15-22(14-18)24-16-25-23(17-28-24)26(20-9-5-3-6-10-20)27(29-25)21-11-7-4-8-12-21;1-14-9-15(2)11-18(10-14)20-12-21-19(13-23-20)16(3)22(24-21)17-7-5-4-6-8-17;1-13-7-14(2)9-16(8-13)19-11-21-17(12-23-19)10-20(24-21)15-3-5-18(22)6-4-15;3*1-4(6)3-5(2)7;;;/h3-14,16-17H,1-2H3;4-10,12-13H,1-3H3;3-8,10-12H,1-2H3;3*3,6H,1-2H3;;;/q3*-1;;;;;;. The topological polar surface area (TPSA) is 190 Å². The molecular formula is C85H77FIr3N3O9-3. The van der Waals surface area contributed by atoms with Gasteiger partial charge in [-0.3, -0.25) is 14.4 Å². The maximum Gasteiger partial charge on any atom is 0.155 e. The van der Waals surface area contributed by atoms with Crippen LogP contribution in [0.5, 0.6) is 0 Å². The number of rotatable bonds is 10. The molecule has 16 heteroatoms. The maximum atomic E-state index is 13.1. The Balaban J connectivity index is 0.000000236. The monoisotopic (exact) mass is 1880 g/mol. The number of carbonyl (C=O) groups excluding carboxylic acids is 3. The fourth-order valence-electron chi connectivity index (χ4n) is 10.8.